The molecule has 0 aromatic carbocycles. The molecule has 0 aromatic rings. The topological polar surface area (TPSA) is 35.5 Å². The number of nitrogens with one attached hydrogen (secondary N) is 1. The van der Waals surface area contributed by atoms with E-state index in [1.807, 2.05) is 13.8 Å². The van der Waals surface area contributed by atoms with Crippen molar-refractivity contribution in [3.8, 4) is 0 Å². The molecule has 1 rings (SSSR count). The molecule has 0 spiro atoms. The third-order valence-electron chi connectivity index (χ3n) is 3.67. The van der Waals surface area contributed by atoms with E-state index < -0.39 is 5.60 Å². The van der Waals surface area contributed by atoms with Crippen LogP contribution in [0.15, 0.2) is 0 Å². The Morgan fingerprint density at radius 2 is 1.94 bits per heavy atom. The van der Waals surface area contributed by atoms with E-state index in [1.165, 1.54) is 19.3 Å². The van der Waals surface area contributed by atoms with Crippen molar-refractivity contribution in [2.45, 2.75) is 58.6 Å². The number of aliphatic hydroxyl groups is 1. The number of nitrogens with zero attached hydrogens (tertiary/aromatic N) is 1. The highest BCUT2D eigenvalue weighted by Gasteiger charge is 2.26. The third-order valence-corrected chi connectivity index (χ3v) is 3.67. The zero-order valence-corrected chi connectivity index (χ0v) is 12.0. The minimum atomic E-state index is -0.557. The molecular weight excluding hydrogens is 212 g/mol. The van der Waals surface area contributed by atoms with E-state index in [9.17, 15) is 5.11 Å². The monoisotopic (exact) mass is 242 g/mol. The van der Waals surface area contributed by atoms with Gasteiger partial charge in [-0.25, -0.2) is 0 Å². The molecule has 0 aromatic heterocycles. The van der Waals surface area contributed by atoms with Gasteiger partial charge < -0.3 is 15.3 Å². The third kappa shape index (κ3) is 5.84. The average molecular weight is 242 g/mol. The summed E-state index contributed by atoms with van der Waals surface area (Å²) < 4.78 is 0. The minimum Gasteiger partial charge on any atom is -0.389 e. The van der Waals surface area contributed by atoms with Crippen molar-refractivity contribution in [3.63, 3.8) is 0 Å². The molecule has 1 aliphatic rings. The van der Waals surface area contributed by atoms with Crippen LogP contribution in [0.5, 0.6) is 0 Å². The molecule has 0 amide bonds. The zero-order valence-electron chi connectivity index (χ0n) is 12.0. The minimum absolute atomic E-state index is 0.557. The van der Waals surface area contributed by atoms with Gasteiger partial charge in [0, 0.05) is 12.6 Å². The highest BCUT2D eigenvalue weighted by Crippen LogP contribution is 2.21. The summed E-state index contributed by atoms with van der Waals surface area (Å²) in [4.78, 5) is 2.39. The van der Waals surface area contributed by atoms with E-state index in [4.69, 9.17) is 0 Å². The van der Waals surface area contributed by atoms with Crippen LogP contribution in [0.2, 0.25) is 0 Å². The second kappa shape index (κ2) is 6.72. The Labute approximate surface area is 107 Å². The molecule has 0 radical (unpaired) electrons. The maximum atomic E-state index is 9.81. The van der Waals surface area contributed by atoms with Crippen LogP contribution < -0.4 is 5.32 Å². The number of hydrogen-bond donors (Lipinski definition) is 2. The Bertz CT molecular complexity index is 205. The van der Waals surface area contributed by atoms with E-state index in [0.717, 1.165) is 32.1 Å². The van der Waals surface area contributed by atoms with Crippen LogP contribution in [0.3, 0.4) is 0 Å². The fourth-order valence-corrected chi connectivity index (χ4v) is 2.70. The first-order valence-corrected chi connectivity index (χ1v) is 7.10. The lowest BCUT2D eigenvalue weighted by atomic mass is 9.89. The van der Waals surface area contributed by atoms with Gasteiger partial charge in [-0.1, -0.05) is 6.92 Å². The first-order chi connectivity index (χ1) is 7.92. The molecule has 3 heteroatoms. The second-order valence-corrected chi connectivity index (χ2v) is 6.17. The van der Waals surface area contributed by atoms with Gasteiger partial charge in [0.15, 0.2) is 0 Å². The molecule has 1 heterocycles. The van der Waals surface area contributed by atoms with Crippen molar-refractivity contribution < 1.29 is 5.11 Å². The highest BCUT2D eigenvalue weighted by molar-refractivity contribution is 4.82. The summed E-state index contributed by atoms with van der Waals surface area (Å²) in [6, 6.07) is 0.638. The molecule has 17 heavy (non-hydrogen) atoms. The Morgan fingerprint density at radius 3 is 2.41 bits per heavy atom. The van der Waals surface area contributed by atoms with E-state index in [-0.39, 0.29) is 0 Å². The van der Waals surface area contributed by atoms with Crippen molar-refractivity contribution in [1.29, 1.82) is 0 Å². The standard InChI is InChI=1S/C14H30N2O/c1-5-8-15-12(2)13-6-9-16(10-7-13)11-14(3,4)17/h12-13,15,17H,5-11H2,1-4H3. The normalized spacial score (nSPS) is 21.7. The maximum Gasteiger partial charge on any atom is 0.0718 e. The first kappa shape index (κ1) is 14.9. The van der Waals surface area contributed by atoms with Crippen LogP contribution in [-0.4, -0.2) is 47.8 Å². The lowest BCUT2D eigenvalue weighted by Gasteiger charge is -2.37. The summed E-state index contributed by atoms with van der Waals surface area (Å²) in [5.74, 6) is 0.805. The highest BCUT2D eigenvalue weighted by atomic mass is 16.3. The molecule has 1 aliphatic heterocycles. The van der Waals surface area contributed by atoms with Crippen LogP contribution in [0.4, 0.5) is 0 Å². The fraction of sp³-hybridized carbons (Fsp3) is 1.00. The fourth-order valence-electron chi connectivity index (χ4n) is 2.70. The zero-order chi connectivity index (χ0) is 12.9. The average Bonchev–Trinajstić information content (AvgIpc) is 2.24. The largest absolute Gasteiger partial charge is 0.389 e. The van der Waals surface area contributed by atoms with Gasteiger partial charge in [-0.05, 0) is 65.6 Å². The summed E-state index contributed by atoms with van der Waals surface area (Å²) >= 11 is 0. The predicted molar refractivity (Wildman–Crippen MR) is 73.2 cm³/mol. The molecule has 3 nitrogen and oxygen atoms in total. The first-order valence-electron chi connectivity index (χ1n) is 7.10. The lowest BCUT2D eigenvalue weighted by Crippen LogP contribution is -2.46. The van der Waals surface area contributed by atoms with E-state index in [0.29, 0.717) is 6.04 Å². The molecule has 1 fully saturated rings. The molecule has 1 atom stereocenters. The Hall–Kier alpha value is -0.120. The van der Waals surface area contributed by atoms with E-state index in [2.05, 4.69) is 24.1 Å². The van der Waals surface area contributed by atoms with E-state index >= 15 is 0 Å². The van der Waals surface area contributed by atoms with Crippen LogP contribution in [0.1, 0.15) is 47.0 Å². The Kier molecular flexibility index (Phi) is 5.90. The van der Waals surface area contributed by atoms with Crippen LogP contribution in [-0.2, 0) is 0 Å². The Morgan fingerprint density at radius 1 is 1.35 bits per heavy atom. The Balaban J connectivity index is 2.25. The molecular formula is C14H30N2O. The van der Waals surface area contributed by atoms with Gasteiger partial charge in [0.05, 0.1) is 5.60 Å². The molecule has 102 valence electrons. The SMILES string of the molecule is CCCNC(C)C1CCN(CC(C)(C)O)CC1. The maximum absolute atomic E-state index is 9.81. The van der Waals surface area contributed by atoms with Gasteiger partial charge in [0.1, 0.15) is 0 Å². The van der Waals surface area contributed by atoms with Crippen molar-refractivity contribution in [2.75, 3.05) is 26.2 Å². The summed E-state index contributed by atoms with van der Waals surface area (Å²) in [5, 5.41) is 13.4. The van der Waals surface area contributed by atoms with Crippen molar-refractivity contribution in [3.05, 3.63) is 0 Å². The van der Waals surface area contributed by atoms with Gasteiger partial charge in [-0.2, -0.15) is 0 Å². The number of rotatable bonds is 6. The van der Waals surface area contributed by atoms with Gasteiger partial charge in [-0.3, -0.25) is 0 Å². The van der Waals surface area contributed by atoms with Crippen LogP contribution in [0.25, 0.3) is 0 Å². The van der Waals surface area contributed by atoms with Crippen LogP contribution in [0, 0.1) is 5.92 Å². The van der Waals surface area contributed by atoms with Gasteiger partial charge in [0.25, 0.3) is 0 Å². The van der Waals surface area contributed by atoms with Gasteiger partial charge in [0.2, 0.25) is 0 Å². The van der Waals surface area contributed by atoms with Crippen molar-refractivity contribution >= 4 is 0 Å². The lowest BCUT2D eigenvalue weighted by molar-refractivity contribution is 0.0224. The summed E-state index contributed by atoms with van der Waals surface area (Å²) in [6.45, 7) is 12.5. The van der Waals surface area contributed by atoms with Crippen molar-refractivity contribution in [2.24, 2.45) is 5.92 Å². The number of piperidine rings is 1. The van der Waals surface area contributed by atoms with Crippen LogP contribution >= 0.6 is 0 Å². The molecule has 0 aliphatic carbocycles. The molecule has 1 saturated heterocycles. The predicted octanol–water partition coefficient (Wildman–Crippen LogP) is 1.86. The van der Waals surface area contributed by atoms with Gasteiger partial charge >= 0.3 is 0 Å². The summed E-state index contributed by atoms with van der Waals surface area (Å²) in [6.07, 6.45) is 3.73. The number of β-amino-alcohol motifs (C(OH)–C–C–N with tert-alkyl or cyclic N) is 1. The number of hydrogen-bond acceptors (Lipinski definition) is 3. The molecule has 0 saturated carbocycles. The molecule has 2 N–H and O–H groups in total. The summed E-state index contributed by atoms with van der Waals surface area (Å²) in [7, 11) is 0. The second-order valence-electron chi connectivity index (χ2n) is 6.17. The van der Waals surface area contributed by atoms with E-state index in [1.54, 1.807) is 0 Å². The molecule has 1 unspecified atom stereocenters. The molecule has 0 bridgehead atoms. The summed E-state index contributed by atoms with van der Waals surface area (Å²) in [5.41, 5.74) is -0.557. The quantitative estimate of drug-likeness (QED) is 0.746. The van der Waals surface area contributed by atoms with Crippen molar-refractivity contribution in [1.82, 2.24) is 10.2 Å². The van der Waals surface area contributed by atoms with Gasteiger partial charge in [-0.15, -0.1) is 0 Å². The smallest absolute Gasteiger partial charge is 0.0718 e. The number of likely N-dealkylation sites (tertiary alicyclic amines) is 1.